The number of unbranched alkanes of at least 4 members (excludes halogenated alkanes) is 10. The van der Waals surface area contributed by atoms with Gasteiger partial charge in [-0.05, 0) is 93.2 Å². The molecule has 10 heteroatoms. The van der Waals surface area contributed by atoms with Crippen molar-refractivity contribution in [2.75, 3.05) is 33.0 Å². The Bertz CT molecular complexity index is 1740. The van der Waals surface area contributed by atoms with E-state index in [4.69, 9.17) is 24.2 Å². The summed E-state index contributed by atoms with van der Waals surface area (Å²) in [6.07, 6.45) is 21.9. The fraction of sp³-hybridized carbons (Fsp3) is 0.627. The van der Waals surface area contributed by atoms with Gasteiger partial charge in [-0.25, -0.2) is 0 Å². The minimum absolute atomic E-state index is 0.101. The molecule has 336 valence electrons. The molecule has 1 heterocycles. The van der Waals surface area contributed by atoms with Crippen LogP contribution in [0.15, 0.2) is 71.9 Å². The molecule has 0 bridgehead atoms. The highest BCUT2D eigenvalue weighted by Crippen LogP contribution is 2.62. The van der Waals surface area contributed by atoms with Crippen molar-refractivity contribution in [2.45, 2.75) is 154 Å². The minimum atomic E-state index is -1.28. The lowest BCUT2D eigenvalue weighted by Gasteiger charge is -2.60. The first-order valence-electron chi connectivity index (χ1n) is 23.6. The maximum absolute atomic E-state index is 14.7. The second-order valence-corrected chi connectivity index (χ2v) is 17.1. The van der Waals surface area contributed by atoms with Gasteiger partial charge < -0.3 is 34.2 Å². The maximum Gasteiger partial charge on any atom is 0.239 e. The number of allylic oxidation sites excluding steroid dienone is 1. The Morgan fingerprint density at radius 3 is 2.31 bits per heavy atom. The molecule has 6 atom stereocenters. The molecular weight excluding hydrogens is 769 g/mol. The van der Waals surface area contributed by atoms with Gasteiger partial charge in [0.05, 0.1) is 18.2 Å². The van der Waals surface area contributed by atoms with E-state index in [1.54, 1.807) is 24.3 Å². The molecule has 1 fully saturated rings. The summed E-state index contributed by atoms with van der Waals surface area (Å²) in [5.74, 6) is 0.378. The zero-order chi connectivity index (χ0) is 43.5. The highest BCUT2D eigenvalue weighted by molar-refractivity contribution is 6.03. The third-order valence-corrected chi connectivity index (χ3v) is 12.8. The topological polar surface area (TPSA) is 127 Å². The number of ether oxygens (including phenoxy) is 3. The Morgan fingerprint density at radius 1 is 0.902 bits per heavy atom. The first-order chi connectivity index (χ1) is 29.9. The van der Waals surface area contributed by atoms with Crippen molar-refractivity contribution in [1.29, 1.82) is 0 Å². The number of amides is 1. The number of benzene rings is 2. The molecule has 61 heavy (non-hydrogen) atoms. The monoisotopic (exact) mass is 843 g/mol. The largest absolute Gasteiger partial charge is 0.459 e. The minimum Gasteiger partial charge on any atom is -0.459 e. The van der Waals surface area contributed by atoms with E-state index >= 15 is 0 Å². The molecule has 0 aromatic heterocycles. The normalized spacial score (nSPS) is 23.3. The van der Waals surface area contributed by atoms with Gasteiger partial charge in [-0.2, -0.15) is 0 Å². The summed E-state index contributed by atoms with van der Waals surface area (Å²) < 4.78 is 20.9. The van der Waals surface area contributed by atoms with E-state index in [1.807, 2.05) is 30.0 Å². The molecule has 0 radical (unpaired) electrons. The van der Waals surface area contributed by atoms with Gasteiger partial charge in [0.15, 0.2) is 0 Å². The summed E-state index contributed by atoms with van der Waals surface area (Å²) in [4.78, 5) is 34.2. The molecule has 6 unspecified atom stereocenters. The van der Waals surface area contributed by atoms with Crippen LogP contribution in [0.2, 0.25) is 0 Å². The number of oxime groups is 1. The molecule has 2 aromatic carbocycles. The van der Waals surface area contributed by atoms with Crippen LogP contribution in [0.4, 0.5) is 0 Å². The molecule has 2 aliphatic carbocycles. The average Bonchev–Trinajstić information content (AvgIpc) is 3.27. The summed E-state index contributed by atoms with van der Waals surface area (Å²) in [5.41, 5.74) is 3.34. The van der Waals surface area contributed by atoms with Crippen molar-refractivity contribution in [3.05, 3.63) is 77.9 Å². The van der Waals surface area contributed by atoms with Crippen LogP contribution in [0.1, 0.15) is 158 Å². The highest BCUT2D eigenvalue weighted by atomic mass is 16.7. The van der Waals surface area contributed by atoms with E-state index in [1.165, 1.54) is 38.5 Å². The molecule has 2 aromatic rings. The molecule has 0 saturated heterocycles. The van der Waals surface area contributed by atoms with E-state index < -0.39 is 11.8 Å². The van der Waals surface area contributed by atoms with Gasteiger partial charge in [0.2, 0.25) is 11.7 Å². The number of aliphatic hydroxyl groups is 2. The molecule has 10 nitrogen and oxygen atoms in total. The lowest BCUT2D eigenvalue weighted by molar-refractivity contribution is -0.257. The van der Waals surface area contributed by atoms with Crippen LogP contribution in [0.5, 0.6) is 17.2 Å². The Balaban J connectivity index is 1.63. The Kier molecular flexibility index (Phi) is 19.9. The van der Waals surface area contributed by atoms with Crippen LogP contribution in [0.25, 0.3) is 0 Å². The van der Waals surface area contributed by atoms with E-state index in [-0.39, 0.29) is 49.4 Å². The van der Waals surface area contributed by atoms with E-state index in [9.17, 15) is 19.8 Å². The lowest BCUT2D eigenvalue weighted by Crippen LogP contribution is -2.70. The van der Waals surface area contributed by atoms with Gasteiger partial charge in [-0.15, -0.1) is 6.58 Å². The average molecular weight is 843 g/mol. The molecule has 5 rings (SSSR count). The van der Waals surface area contributed by atoms with Crippen molar-refractivity contribution in [3.8, 4) is 17.2 Å². The number of aliphatic hydroxyl groups excluding tert-OH is 2. The van der Waals surface area contributed by atoms with Gasteiger partial charge in [0.25, 0.3) is 0 Å². The van der Waals surface area contributed by atoms with Crippen LogP contribution >= 0.6 is 0 Å². The molecule has 1 amide bonds. The van der Waals surface area contributed by atoms with Crippen LogP contribution in [0.3, 0.4) is 0 Å². The number of rotatable bonds is 29. The summed E-state index contributed by atoms with van der Waals surface area (Å²) in [7, 11) is 0. The van der Waals surface area contributed by atoms with Gasteiger partial charge in [-0.1, -0.05) is 107 Å². The Labute approximate surface area is 365 Å². The van der Waals surface area contributed by atoms with Crippen LogP contribution in [0, 0.1) is 17.8 Å². The van der Waals surface area contributed by atoms with Crippen molar-refractivity contribution >= 4 is 17.9 Å². The quantitative estimate of drug-likeness (QED) is 0.0359. The number of aldehydes is 1. The highest BCUT2D eigenvalue weighted by Gasteiger charge is 2.65. The number of hydrogen-bond donors (Lipinski definition) is 2. The van der Waals surface area contributed by atoms with Crippen molar-refractivity contribution in [1.82, 2.24) is 4.90 Å². The Morgan fingerprint density at radius 2 is 1.62 bits per heavy atom. The molecular formula is C51H74N2O8. The zero-order valence-electron chi connectivity index (χ0n) is 37.4. The Hall–Kier alpha value is -3.99. The molecule has 2 N–H and O–H groups in total. The van der Waals surface area contributed by atoms with Gasteiger partial charge >= 0.3 is 0 Å². The fourth-order valence-corrected chi connectivity index (χ4v) is 10.1. The fourth-order valence-electron chi connectivity index (χ4n) is 10.1. The number of nitrogens with zero attached hydrogens (tertiary/aromatic N) is 2. The number of carbonyl (C=O) groups excluding carboxylic acids is 2. The lowest BCUT2D eigenvalue weighted by atomic mass is 9.55. The zero-order valence-corrected chi connectivity index (χ0v) is 37.4. The van der Waals surface area contributed by atoms with Crippen LogP contribution < -0.4 is 9.47 Å². The van der Waals surface area contributed by atoms with Crippen molar-refractivity contribution in [3.63, 3.8) is 0 Å². The van der Waals surface area contributed by atoms with Gasteiger partial charge in [-0.3, -0.25) is 9.59 Å². The van der Waals surface area contributed by atoms with Crippen LogP contribution in [-0.2, 0) is 14.4 Å². The summed E-state index contributed by atoms with van der Waals surface area (Å²) in [6, 6.07) is 12.5. The van der Waals surface area contributed by atoms with Crippen LogP contribution in [-0.4, -0.2) is 77.8 Å². The van der Waals surface area contributed by atoms with E-state index in [2.05, 4.69) is 32.6 Å². The second kappa shape index (κ2) is 25.2. The maximum atomic E-state index is 14.7. The predicted molar refractivity (Wildman–Crippen MR) is 242 cm³/mol. The predicted octanol–water partition coefficient (Wildman–Crippen LogP) is 11.1. The molecule has 1 saturated carbocycles. The first-order valence-corrected chi connectivity index (χ1v) is 23.6. The third kappa shape index (κ3) is 12.4. The molecule has 1 aliphatic heterocycles. The number of fused-ring (bicyclic) bond motifs is 2. The summed E-state index contributed by atoms with van der Waals surface area (Å²) >= 11 is 0. The van der Waals surface area contributed by atoms with E-state index in [0.29, 0.717) is 61.6 Å². The van der Waals surface area contributed by atoms with Gasteiger partial charge in [0, 0.05) is 49.6 Å². The third-order valence-electron chi connectivity index (χ3n) is 12.8. The van der Waals surface area contributed by atoms with E-state index in [0.717, 1.165) is 74.5 Å². The number of carbonyl (C=O) groups is 2. The summed E-state index contributed by atoms with van der Waals surface area (Å²) in [6.45, 7) is 11.8. The number of hydrogen-bond acceptors (Lipinski definition) is 9. The van der Waals surface area contributed by atoms with Crippen molar-refractivity contribution < 1.29 is 38.9 Å². The van der Waals surface area contributed by atoms with Crippen molar-refractivity contribution in [2.24, 2.45) is 22.9 Å². The smallest absolute Gasteiger partial charge is 0.239 e. The SMILES string of the molecule is C=CCOC12Oc3ccc(Oc4cccc(C=O)c4)cc3C3C(CCCCO)C(CCCCO)C=C(C(=NOCC)CC1N(CCC)C(=O)CCCCCCCCCCC)C32. The standard InChI is InChI=1S/C51H74N2O8/c1-5-9-10-11-12-13-14-15-16-26-48(57)53(29-6-2)47-36-45(52-59-8-4)43-34-39(23-17-19-30-54)42(25-18-20-31-55)49-44-35-41(60-40-24-21-22-38(33-40)37-56)27-28-46(44)61-51(47,50(43)49)58-32-7-3/h7,21-22,24,27-28,33-35,37,39,42,47,49-50,54-55H,3,5-6,8-20,23,25-26,29-32,36H2,1-2,4H3. The first kappa shape index (κ1) is 48.0. The molecule has 3 aliphatic rings. The summed E-state index contributed by atoms with van der Waals surface area (Å²) in [5, 5.41) is 24.6. The molecule has 0 spiro atoms. The second-order valence-electron chi connectivity index (χ2n) is 17.1. The van der Waals surface area contributed by atoms with Gasteiger partial charge in [0.1, 0.15) is 36.2 Å².